The molecule has 0 amide bonds. The van der Waals surface area contributed by atoms with E-state index in [1.807, 2.05) is 6.92 Å². The lowest BCUT2D eigenvalue weighted by Crippen LogP contribution is -2.13. The molecule has 0 aromatic heterocycles. The largest absolute Gasteiger partial charge is 0.486 e. The fraction of sp³-hybridized carbons (Fsp3) is 0.455. The molecule has 1 rings (SSSR count). The molecular weight excluding hydrogens is 345 g/mol. The maximum atomic E-state index is 10.9. The topological polar surface area (TPSA) is 52.4 Å². The average molecular weight is 357 g/mol. The standard InChI is InChI=1S/C11H12BrCl2NO3/c1-2-7(5-12)6-18-11-4-9(14)8(13)3-10(11)15(16)17/h3-4,7H,2,5-6H2,1H3. The summed E-state index contributed by atoms with van der Waals surface area (Å²) in [7, 11) is 0. The van der Waals surface area contributed by atoms with Gasteiger partial charge in [-0.25, -0.2) is 0 Å². The minimum Gasteiger partial charge on any atom is -0.486 e. The maximum Gasteiger partial charge on any atom is 0.312 e. The van der Waals surface area contributed by atoms with E-state index in [0.717, 1.165) is 11.8 Å². The number of nitrogens with zero attached hydrogens (tertiary/aromatic N) is 1. The first-order chi connectivity index (χ1) is 8.49. The number of nitro benzene ring substituents is 1. The summed E-state index contributed by atoms with van der Waals surface area (Å²) in [6, 6.07) is 2.58. The van der Waals surface area contributed by atoms with Crippen molar-refractivity contribution in [3.05, 3.63) is 32.3 Å². The van der Waals surface area contributed by atoms with Crippen LogP contribution in [0.15, 0.2) is 12.1 Å². The van der Waals surface area contributed by atoms with Crippen molar-refractivity contribution in [2.24, 2.45) is 5.92 Å². The van der Waals surface area contributed by atoms with Crippen LogP contribution in [0.3, 0.4) is 0 Å². The number of rotatable bonds is 6. The third kappa shape index (κ3) is 4.00. The molecule has 1 aromatic rings. The van der Waals surface area contributed by atoms with Crippen LogP contribution in [0.25, 0.3) is 0 Å². The Morgan fingerprint density at radius 2 is 2.06 bits per heavy atom. The van der Waals surface area contributed by atoms with E-state index >= 15 is 0 Å². The van der Waals surface area contributed by atoms with Crippen LogP contribution in [-0.2, 0) is 0 Å². The van der Waals surface area contributed by atoms with Crippen LogP contribution in [-0.4, -0.2) is 16.9 Å². The molecular formula is C11H12BrCl2NO3. The van der Waals surface area contributed by atoms with Crippen molar-refractivity contribution < 1.29 is 9.66 Å². The van der Waals surface area contributed by atoms with Crippen molar-refractivity contribution >= 4 is 44.8 Å². The Labute approximate surface area is 123 Å². The Hall–Kier alpha value is -0.520. The zero-order valence-electron chi connectivity index (χ0n) is 9.66. The quantitative estimate of drug-likeness (QED) is 0.421. The average Bonchev–Trinajstić information content (AvgIpc) is 2.34. The van der Waals surface area contributed by atoms with Crippen molar-refractivity contribution in [1.29, 1.82) is 0 Å². The van der Waals surface area contributed by atoms with Crippen molar-refractivity contribution in [1.82, 2.24) is 0 Å². The van der Waals surface area contributed by atoms with Gasteiger partial charge in [0, 0.05) is 23.4 Å². The second-order valence-electron chi connectivity index (χ2n) is 3.73. The van der Waals surface area contributed by atoms with Crippen molar-refractivity contribution in [3.8, 4) is 5.75 Å². The summed E-state index contributed by atoms with van der Waals surface area (Å²) in [4.78, 5) is 10.3. The Morgan fingerprint density at radius 3 is 2.56 bits per heavy atom. The third-order valence-corrected chi connectivity index (χ3v) is 4.11. The van der Waals surface area contributed by atoms with Crippen LogP contribution < -0.4 is 4.74 Å². The van der Waals surface area contributed by atoms with E-state index in [0.29, 0.717) is 12.5 Å². The molecule has 0 aliphatic carbocycles. The van der Waals surface area contributed by atoms with E-state index in [9.17, 15) is 10.1 Å². The number of hydrogen-bond donors (Lipinski definition) is 0. The Balaban J connectivity index is 2.93. The zero-order valence-corrected chi connectivity index (χ0v) is 12.8. The molecule has 0 saturated carbocycles. The van der Waals surface area contributed by atoms with Crippen molar-refractivity contribution in [2.75, 3.05) is 11.9 Å². The molecule has 0 saturated heterocycles. The van der Waals surface area contributed by atoms with E-state index in [1.165, 1.54) is 12.1 Å². The SMILES string of the molecule is CCC(CBr)COc1cc(Cl)c(Cl)cc1[N+](=O)[O-]. The summed E-state index contributed by atoms with van der Waals surface area (Å²) in [5.74, 6) is 0.438. The summed E-state index contributed by atoms with van der Waals surface area (Å²) in [5.41, 5.74) is -0.172. The Bertz CT molecular complexity index is 439. The number of ether oxygens (including phenoxy) is 1. The number of alkyl halides is 1. The van der Waals surface area contributed by atoms with Crippen LogP contribution in [0.1, 0.15) is 13.3 Å². The zero-order chi connectivity index (χ0) is 13.7. The molecule has 0 bridgehead atoms. The number of hydrogen-bond acceptors (Lipinski definition) is 3. The minimum absolute atomic E-state index is 0.142. The van der Waals surface area contributed by atoms with E-state index in [-0.39, 0.29) is 21.5 Å². The van der Waals surface area contributed by atoms with Gasteiger partial charge < -0.3 is 4.74 Å². The molecule has 7 heteroatoms. The van der Waals surface area contributed by atoms with Crippen LogP contribution in [0.4, 0.5) is 5.69 Å². The molecule has 0 N–H and O–H groups in total. The lowest BCUT2D eigenvalue weighted by Gasteiger charge is -2.13. The Kier molecular flexibility index (Phi) is 6.18. The van der Waals surface area contributed by atoms with Crippen molar-refractivity contribution in [2.45, 2.75) is 13.3 Å². The molecule has 100 valence electrons. The highest BCUT2D eigenvalue weighted by Crippen LogP contribution is 2.35. The fourth-order valence-corrected chi connectivity index (χ4v) is 2.21. The number of benzene rings is 1. The van der Waals surface area contributed by atoms with E-state index in [2.05, 4.69) is 15.9 Å². The van der Waals surface area contributed by atoms with Gasteiger partial charge in [0.25, 0.3) is 0 Å². The minimum atomic E-state index is -0.535. The normalized spacial score (nSPS) is 12.2. The first kappa shape index (κ1) is 15.5. The van der Waals surface area contributed by atoms with Gasteiger partial charge in [0.2, 0.25) is 0 Å². The van der Waals surface area contributed by atoms with Gasteiger partial charge in [-0.05, 0) is 6.42 Å². The molecule has 0 heterocycles. The van der Waals surface area contributed by atoms with E-state index in [1.54, 1.807) is 0 Å². The van der Waals surface area contributed by atoms with E-state index < -0.39 is 4.92 Å². The molecule has 0 fully saturated rings. The Morgan fingerprint density at radius 1 is 1.44 bits per heavy atom. The molecule has 0 aliphatic rings. The number of halogens is 3. The third-order valence-electron chi connectivity index (χ3n) is 2.47. The summed E-state index contributed by atoms with van der Waals surface area (Å²) in [5, 5.41) is 12.0. The van der Waals surface area contributed by atoms with Gasteiger partial charge in [-0.15, -0.1) is 0 Å². The highest BCUT2D eigenvalue weighted by molar-refractivity contribution is 9.09. The molecule has 4 nitrogen and oxygen atoms in total. The van der Waals surface area contributed by atoms with Gasteiger partial charge in [0.1, 0.15) is 0 Å². The van der Waals surface area contributed by atoms with Crippen LogP contribution in [0, 0.1) is 16.0 Å². The molecule has 0 spiro atoms. The molecule has 1 unspecified atom stereocenters. The predicted octanol–water partition coefficient (Wildman–Crippen LogP) is 4.70. The smallest absolute Gasteiger partial charge is 0.312 e. The summed E-state index contributed by atoms with van der Waals surface area (Å²) >= 11 is 14.9. The fourth-order valence-electron chi connectivity index (χ4n) is 1.26. The summed E-state index contributed by atoms with van der Waals surface area (Å²) in [6.07, 6.45) is 0.917. The first-order valence-corrected chi connectivity index (χ1v) is 7.19. The second kappa shape index (κ2) is 7.16. The number of nitro groups is 1. The molecule has 0 aliphatic heterocycles. The van der Waals surface area contributed by atoms with Gasteiger partial charge in [-0.1, -0.05) is 46.1 Å². The van der Waals surface area contributed by atoms with Crippen LogP contribution in [0.5, 0.6) is 5.75 Å². The van der Waals surface area contributed by atoms with E-state index in [4.69, 9.17) is 27.9 Å². The van der Waals surface area contributed by atoms with Gasteiger partial charge in [-0.2, -0.15) is 0 Å². The molecule has 0 radical (unpaired) electrons. The first-order valence-electron chi connectivity index (χ1n) is 5.31. The summed E-state index contributed by atoms with van der Waals surface area (Å²) in [6.45, 7) is 2.42. The lowest BCUT2D eigenvalue weighted by molar-refractivity contribution is -0.385. The van der Waals surface area contributed by atoms with Gasteiger partial charge in [0.15, 0.2) is 5.75 Å². The maximum absolute atomic E-state index is 10.9. The molecule has 1 atom stereocenters. The van der Waals surface area contributed by atoms with Gasteiger partial charge in [0.05, 0.1) is 21.6 Å². The van der Waals surface area contributed by atoms with Gasteiger partial charge >= 0.3 is 5.69 Å². The molecule has 18 heavy (non-hydrogen) atoms. The summed E-state index contributed by atoms with van der Waals surface area (Å²) < 4.78 is 5.46. The lowest BCUT2D eigenvalue weighted by atomic mass is 10.1. The van der Waals surface area contributed by atoms with Crippen LogP contribution >= 0.6 is 39.1 Å². The van der Waals surface area contributed by atoms with Crippen LogP contribution in [0.2, 0.25) is 10.0 Å². The predicted molar refractivity (Wildman–Crippen MR) is 76.2 cm³/mol. The highest BCUT2D eigenvalue weighted by Gasteiger charge is 2.19. The monoisotopic (exact) mass is 355 g/mol. The second-order valence-corrected chi connectivity index (χ2v) is 5.19. The van der Waals surface area contributed by atoms with Gasteiger partial charge in [-0.3, -0.25) is 10.1 Å². The van der Waals surface area contributed by atoms with Crippen molar-refractivity contribution in [3.63, 3.8) is 0 Å². The molecule has 1 aromatic carbocycles. The highest BCUT2D eigenvalue weighted by atomic mass is 79.9.